The number of carbonyl (C=O) groups excluding carboxylic acids is 2. The number of ether oxygens (including phenoxy) is 1. The van der Waals surface area contributed by atoms with Gasteiger partial charge in [-0.15, -0.1) is 0 Å². The summed E-state index contributed by atoms with van der Waals surface area (Å²) in [4.78, 5) is 25.5. The summed E-state index contributed by atoms with van der Waals surface area (Å²) < 4.78 is 36.8. The molecule has 33 heavy (non-hydrogen) atoms. The number of benzene rings is 3. The fourth-order valence-electron chi connectivity index (χ4n) is 4.89. The molecule has 6 heteroatoms. The Kier molecular flexibility index (Phi) is 5.44. The summed E-state index contributed by atoms with van der Waals surface area (Å²) >= 11 is 0. The van der Waals surface area contributed by atoms with E-state index in [9.17, 15) is 14.7 Å². The number of halogens is 2. The maximum Gasteiger partial charge on any atom is 0.173 e. The van der Waals surface area contributed by atoms with E-state index in [1.165, 1.54) is 6.07 Å². The van der Waals surface area contributed by atoms with E-state index in [2.05, 4.69) is 0 Å². The smallest absolute Gasteiger partial charge is 0.173 e. The summed E-state index contributed by atoms with van der Waals surface area (Å²) in [5.41, 5.74) is 1.99. The second-order valence-electron chi connectivity index (χ2n) is 8.54. The molecule has 0 atom stereocenters. The lowest BCUT2D eigenvalue weighted by atomic mass is 9.79. The van der Waals surface area contributed by atoms with Crippen molar-refractivity contribution in [3.8, 4) is 22.6 Å². The summed E-state index contributed by atoms with van der Waals surface area (Å²) in [6.07, 6.45) is 2.54. The molecular formula is C27H22F2O4. The zero-order valence-electron chi connectivity index (χ0n) is 17.9. The molecule has 0 radical (unpaired) electrons. The molecule has 168 valence electrons. The first kappa shape index (κ1) is 21.3. The third-order valence-corrected chi connectivity index (χ3v) is 6.40. The van der Waals surface area contributed by atoms with Crippen molar-refractivity contribution in [3.63, 3.8) is 0 Å². The van der Waals surface area contributed by atoms with E-state index < -0.39 is 17.4 Å². The molecule has 0 aromatic heterocycles. The fourth-order valence-corrected chi connectivity index (χ4v) is 4.89. The highest BCUT2D eigenvalue weighted by Gasteiger charge is 2.34. The van der Waals surface area contributed by atoms with Gasteiger partial charge in [-0.05, 0) is 54.5 Å². The van der Waals surface area contributed by atoms with Crippen LogP contribution in [-0.2, 0) is 19.4 Å². The number of aromatic hydroxyl groups is 1. The summed E-state index contributed by atoms with van der Waals surface area (Å²) in [6, 6.07) is 11.6. The van der Waals surface area contributed by atoms with Crippen LogP contribution in [0.15, 0.2) is 42.5 Å². The normalized spacial score (nSPS) is 15.2. The highest BCUT2D eigenvalue weighted by Crippen LogP contribution is 2.47. The lowest BCUT2D eigenvalue weighted by Gasteiger charge is -2.26. The lowest BCUT2D eigenvalue weighted by Crippen LogP contribution is -2.18. The van der Waals surface area contributed by atoms with Crippen LogP contribution in [0.2, 0.25) is 0 Å². The van der Waals surface area contributed by atoms with Gasteiger partial charge in [0.05, 0.1) is 0 Å². The number of phenols is 1. The molecule has 0 amide bonds. The molecule has 0 aliphatic heterocycles. The van der Waals surface area contributed by atoms with Crippen molar-refractivity contribution in [2.24, 2.45) is 0 Å². The first-order valence-electron chi connectivity index (χ1n) is 11.1. The van der Waals surface area contributed by atoms with Crippen molar-refractivity contribution in [1.82, 2.24) is 0 Å². The van der Waals surface area contributed by atoms with Gasteiger partial charge in [0.25, 0.3) is 0 Å². The van der Waals surface area contributed by atoms with E-state index in [0.29, 0.717) is 36.8 Å². The maximum atomic E-state index is 15.5. The molecule has 0 saturated heterocycles. The Morgan fingerprint density at radius 2 is 1.58 bits per heavy atom. The van der Waals surface area contributed by atoms with Crippen molar-refractivity contribution in [3.05, 3.63) is 81.9 Å². The van der Waals surface area contributed by atoms with Crippen molar-refractivity contribution in [2.75, 3.05) is 0 Å². The molecule has 1 N–H and O–H groups in total. The Bertz CT molecular complexity index is 1280. The zero-order chi connectivity index (χ0) is 23.1. The minimum atomic E-state index is -1.00. The average molecular weight is 448 g/mol. The molecule has 0 bridgehead atoms. The van der Waals surface area contributed by atoms with Gasteiger partial charge >= 0.3 is 0 Å². The molecule has 0 fully saturated rings. The molecule has 0 saturated carbocycles. The van der Waals surface area contributed by atoms with Crippen LogP contribution in [0, 0.1) is 11.6 Å². The third-order valence-electron chi connectivity index (χ3n) is 6.40. The van der Waals surface area contributed by atoms with Crippen LogP contribution < -0.4 is 4.74 Å². The molecule has 5 rings (SSSR count). The summed E-state index contributed by atoms with van der Waals surface area (Å²) in [5.74, 6) is -3.11. The summed E-state index contributed by atoms with van der Waals surface area (Å²) in [5, 5.41) is 10.3. The van der Waals surface area contributed by atoms with Crippen molar-refractivity contribution in [1.29, 1.82) is 0 Å². The fraction of sp³-hybridized carbons (Fsp3) is 0.259. The van der Waals surface area contributed by atoms with E-state index in [0.717, 1.165) is 11.6 Å². The first-order valence-corrected chi connectivity index (χ1v) is 11.1. The first-order chi connectivity index (χ1) is 16.0. The van der Waals surface area contributed by atoms with Gasteiger partial charge in [-0.3, -0.25) is 9.59 Å². The molecule has 2 aliphatic rings. The zero-order valence-corrected chi connectivity index (χ0v) is 17.9. The van der Waals surface area contributed by atoms with E-state index in [4.69, 9.17) is 4.74 Å². The average Bonchev–Trinajstić information content (AvgIpc) is 2.80. The van der Waals surface area contributed by atoms with Crippen molar-refractivity contribution >= 4 is 11.6 Å². The summed E-state index contributed by atoms with van der Waals surface area (Å²) in [7, 11) is 0. The number of rotatable bonds is 4. The minimum Gasteiger partial charge on any atom is -0.505 e. The Balaban J connectivity index is 1.79. The molecule has 0 unspecified atom stereocenters. The number of aryl methyl sites for hydroxylation is 1. The van der Waals surface area contributed by atoms with Crippen LogP contribution in [0.25, 0.3) is 11.1 Å². The van der Waals surface area contributed by atoms with Gasteiger partial charge in [-0.1, -0.05) is 30.3 Å². The van der Waals surface area contributed by atoms with E-state index in [-0.39, 0.29) is 59.0 Å². The van der Waals surface area contributed by atoms with E-state index >= 15 is 8.78 Å². The van der Waals surface area contributed by atoms with Crippen LogP contribution >= 0.6 is 0 Å². The van der Waals surface area contributed by atoms with Crippen LogP contribution in [0.1, 0.15) is 63.1 Å². The van der Waals surface area contributed by atoms with Gasteiger partial charge in [-0.2, -0.15) is 0 Å². The second kappa shape index (κ2) is 8.43. The van der Waals surface area contributed by atoms with Gasteiger partial charge in [0.2, 0.25) is 0 Å². The number of hydrogen-bond acceptors (Lipinski definition) is 4. The molecule has 0 spiro atoms. The third kappa shape index (κ3) is 3.69. The molecule has 0 heterocycles. The minimum absolute atomic E-state index is 0.0219. The standard InChI is InChI=1S/C27H22F2O4/c28-19-13-18-17(9-5-10-20(18)30)24(27(19)33-14-15-6-2-1-3-7-15)25-23-16(8-4-11-21(23)31)12-22(32)26(25)29/h1-3,6-7,12-13,32H,4-5,8-11,14H2. The number of ketones is 2. The highest BCUT2D eigenvalue weighted by molar-refractivity contribution is 6.08. The summed E-state index contributed by atoms with van der Waals surface area (Å²) in [6.45, 7) is 0.0219. The lowest BCUT2D eigenvalue weighted by molar-refractivity contribution is 0.0965. The van der Waals surface area contributed by atoms with Crippen molar-refractivity contribution < 1.29 is 28.2 Å². The van der Waals surface area contributed by atoms with E-state index in [1.54, 1.807) is 0 Å². The van der Waals surface area contributed by atoms with Gasteiger partial charge in [0.1, 0.15) is 6.61 Å². The molecular weight excluding hydrogens is 426 g/mol. The number of phenolic OH excluding ortho intramolecular Hbond substituents is 1. The SMILES string of the molecule is O=C1CCCc2c1cc(F)c(OCc1ccccc1)c2-c1c(F)c(O)cc2c1C(=O)CCC2. The van der Waals surface area contributed by atoms with Crippen LogP contribution in [-0.4, -0.2) is 16.7 Å². The van der Waals surface area contributed by atoms with Crippen LogP contribution in [0.4, 0.5) is 8.78 Å². The number of Topliss-reactive ketones (excluding diaryl/α,β-unsaturated/α-hetero) is 2. The molecule has 3 aromatic rings. The monoisotopic (exact) mass is 448 g/mol. The van der Waals surface area contributed by atoms with Gasteiger partial charge in [0, 0.05) is 35.1 Å². The maximum absolute atomic E-state index is 15.5. The Morgan fingerprint density at radius 3 is 2.36 bits per heavy atom. The number of carbonyl (C=O) groups is 2. The Labute approximate surface area is 189 Å². The Hall–Kier alpha value is -3.54. The Morgan fingerprint density at radius 1 is 0.848 bits per heavy atom. The van der Waals surface area contributed by atoms with E-state index in [1.807, 2.05) is 30.3 Å². The van der Waals surface area contributed by atoms with Gasteiger partial charge in [0.15, 0.2) is 34.7 Å². The largest absolute Gasteiger partial charge is 0.505 e. The molecule has 4 nitrogen and oxygen atoms in total. The second-order valence-corrected chi connectivity index (χ2v) is 8.54. The van der Waals surface area contributed by atoms with Gasteiger partial charge < -0.3 is 9.84 Å². The van der Waals surface area contributed by atoms with Crippen LogP contribution in [0.3, 0.4) is 0 Å². The highest BCUT2D eigenvalue weighted by atomic mass is 19.1. The van der Waals surface area contributed by atoms with Gasteiger partial charge in [-0.25, -0.2) is 8.78 Å². The molecule has 2 aliphatic carbocycles. The van der Waals surface area contributed by atoms with Crippen LogP contribution in [0.5, 0.6) is 11.5 Å². The quantitative estimate of drug-likeness (QED) is 0.535. The van der Waals surface area contributed by atoms with Crippen molar-refractivity contribution in [2.45, 2.75) is 45.1 Å². The predicted octanol–water partition coefficient (Wildman–Crippen LogP) is 5.95. The topological polar surface area (TPSA) is 63.6 Å². The number of fused-ring (bicyclic) bond motifs is 2. The number of hydrogen-bond donors (Lipinski definition) is 1. The predicted molar refractivity (Wildman–Crippen MR) is 119 cm³/mol. The molecule has 3 aromatic carbocycles.